The highest BCUT2D eigenvalue weighted by molar-refractivity contribution is 5.97. The number of aryl methyl sites for hydroxylation is 2. The molecular weight excluding hydrogens is 330 g/mol. The fraction of sp³-hybridized carbons (Fsp3) is 0.500. The Hall–Kier alpha value is -2.18. The molecule has 0 saturated carbocycles. The van der Waals surface area contributed by atoms with Crippen molar-refractivity contribution in [2.24, 2.45) is 14.1 Å². The van der Waals surface area contributed by atoms with Crippen LogP contribution in [0.1, 0.15) is 39.4 Å². The van der Waals surface area contributed by atoms with Crippen LogP contribution in [0.3, 0.4) is 0 Å². The van der Waals surface area contributed by atoms with Crippen LogP contribution in [0.4, 0.5) is 0 Å². The van der Waals surface area contributed by atoms with E-state index in [0.717, 1.165) is 44.8 Å². The Morgan fingerprint density at radius 1 is 1.08 bits per heavy atom. The van der Waals surface area contributed by atoms with Crippen molar-refractivity contribution < 1.29 is 14.3 Å². The number of hydrogen-bond acceptors (Lipinski definition) is 4. The quantitative estimate of drug-likeness (QED) is 0.679. The predicted molar refractivity (Wildman–Crippen MR) is 99.7 cm³/mol. The monoisotopic (exact) mass is 357 g/mol. The lowest BCUT2D eigenvalue weighted by atomic mass is 10.1. The lowest BCUT2D eigenvalue weighted by molar-refractivity contribution is 0.0371. The van der Waals surface area contributed by atoms with Gasteiger partial charge < -0.3 is 13.9 Å². The van der Waals surface area contributed by atoms with Gasteiger partial charge in [-0.05, 0) is 36.7 Å². The van der Waals surface area contributed by atoms with E-state index in [1.54, 1.807) is 0 Å². The van der Waals surface area contributed by atoms with E-state index >= 15 is 0 Å². The number of nitrogens with zero attached hydrogens (tertiary/aromatic N) is 3. The lowest BCUT2D eigenvalue weighted by Crippen LogP contribution is -2.36. The molecule has 26 heavy (non-hydrogen) atoms. The molecule has 6 nitrogen and oxygen atoms in total. The summed E-state index contributed by atoms with van der Waals surface area (Å²) in [4.78, 5) is 27.3. The minimum absolute atomic E-state index is 0.0643. The van der Waals surface area contributed by atoms with Crippen molar-refractivity contribution in [2.75, 3.05) is 32.8 Å². The van der Waals surface area contributed by atoms with E-state index < -0.39 is 0 Å². The van der Waals surface area contributed by atoms with Crippen LogP contribution in [-0.2, 0) is 25.3 Å². The molecule has 2 aromatic rings. The number of carbonyl (C=O) groups is 2. The highest BCUT2D eigenvalue weighted by Gasteiger charge is 2.16. The average Bonchev–Trinajstić information content (AvgIpc) is 3.21. The van der Waals surface area contributed by atoms with Crippen molar-refractivity contribution in [3.8, 4) is 0 Å². The summed E-state index contributed by atoms with van der Waals surface area (Å²) in [5, 5.41) is 0. The molecule has 0 amide bonds. The van der Waals surface area contributed by atoms with Crippen molar-refractivity contribution in [3.63, 3.8) is 0 Å². The van der Waals surface area contributed by atoms with Crippen LogP contribution in [0.5, 0.6) is 0 Å². The summed E-state index contributed by atoms with van der Waals surface area (Å²) in [6.45, 7) is 4.39. The van der Waals surface area contributed by atoms with Gasteiger partial charge in [-0.25, -0.2) is 0 Å². The van der Waals surface area contributed by atoms with Crippen LogP contribution in [0.25, 0.3) is 0 Å². The van der Waals surface area contributed by atoms with Crippen LogP contribution in [0.15, 0.2) is 30.6 Å². The number of Topliss-reactive ketones (excluding diaryl/α,β-unsaturated/α-hetero) is 2. The van der Waals surface area contributed by atoms with E-state index in [4.69, 9.17) is 4.74 Å². The Labute approximate surface area is 154 Å². The normalized spacial score (nSPS) is 15.3. The van der Waals surface area contributed by atoms with E-state index in [1.165, 1.54) is 0 Å². The molecular formula is C20H27N3O3. The Morgan fingerprint density at radius 2 is 1.85 bits per heavy atom. The number of rotatable bonds is 8. The summed E-state index contributed by atoms with van der Waals surface area (Å²) in [5.41, 5.74) is 2.25. The van der Waals surface area contributed by atoms with Gasteiger partial charge in [0, 0.05) is 52.4 Å². The van der Waals surface area contributed by atoms with E-state index in [2.05, 4.69) is 4.90 Å². The molecule has 1 aliphatic heterocycles. The molecule has 2 aromatic heterocycles. The maximum Gasteiger partial charge on any atom is 0.183 e. The van der Waals surface area contributed by atoms with Gasteiger partial charge in [0.2, 0.25) is 0 Å². The van der Waals surface area contributed by atoms with Crippen LogP contribution >= 0.6 is 0 Å². The number of aromatic nitrogens is 2. The molecule has 140 valence electrons. The zero-order chi connectivity index (χ0) is 18.5. The van der Waals surface area contributed by atoms with Gasteiger partial charge in [-0.2, -0.15) is 0 Å². The van der Waals surface area contributed by atoms with Gasteiger partial charge in [-0.15, -0.1) is 0 Å². The third kappa shape index (κ3) is 4.51. The Bertz CT molecular complexity index is 769. The van der Waals surface area contributed by atoms with Crippen molar-refractivity contribution in [2.45, 2.75) is 19.3 Å². The van der Waals surface area contributed by atoms with Gasteiger partial charge in [0.25, 0.3) is 0 Å². The number of morpholine rings is 1. The third-order valence-corrected chi connectivity index (χ3v) is 4.92. The summed E-state index contributed by atoms with van der Waals surface area (Å²) >= 11 is 0. The molecule has 0 aromatic carbocycles. The minimum atomic E-state index is 0.0643. The number of hydrogen-bond donors (Lipinski definition) is 0. The second kappa shape index (κ2) is 8.47. The molecule has 6 heteroatoms. The molecule has 0 atom stereocenters. The van der Waals surface area contributed by atoms with Crippen molar-refractivity contribution in [3.05, 3.63) is 47.5 Å². The van der Waals surface area contributed by atoms with E-state index in [1.807, 2.05) is 53.8 Å². The highest BCUT2D eigenvalue weighted by Crippen LogP contribution is 2.14. The Morgan fingerprint density at radius 3 is 2.54 bits per heavy atom. The van der Waals surface area contributed by atoms with Gasteiger partial charge in [0.15, 0.2) is 11.6 Å². The first-order valence-corrected chi connectivity index (χ1v) is 9.17. The number of ketones is 2. The number of ether oxygens (including phenoxy) is 1. The fourth-order valence-electron chi connectivity index (χ4n) is 3.45. The molecule has 3 heterocycles. The first-order valence-electron chi connectivity index (χ1n) is 9.17. The first-order chi connectivity index (χ1) is 12.5. The second-order valence-electron chi connectivity index (χ2n) is 6.93. The molecule has 1 saturated heterocycles. The largest absolute Gasteiger partial charge is 0.379 e. The summed E-state index contributed by atoms with van der Waals surface area (Å²) in [5.74, 6) is 0.202. The van der Waals surface area contributed by atoms with Crippen molar-refractivity contribution in [1.82, 2.24) is 14.0 Å². The summed E-state index contributed by atoms with van der Waals surface area (Å²) in [7, 11) is 3.73. The Kier molecular flexibility index (Phi) is 6.06. The van der Waals surface area contributed by atoms with Crippen LogP contribution < -0.4 is 0 Å². The maximum atomic E-state index is 12.5. The maximum absolute atomic E-state index is 12.5. The highest BCUT2D eigenvalue weighted by atomic mass is 16.5. The summed E-state index contributed by atoms with van der Waals surface area (Å²) in [6.07, 6.45) is 5.44. The van der Waals surface area contributed by atoms with Gasteiger partial charge in [-0.3, -0.25) is 14.5 Å². The Balaban J connectivity index is 1.54. The molecule has 0 spiro atoms. The van der Waals surface area contributed by atoms with Crippen molar-refractivity contribution >= 4 is 11.6 Å². The standard InChI is InChI=1S/C20H27N3O3/c1-21-7-3-5-17(21)20(25)14-16-13-18(22(2)15-16)19(24)6-4-8-23-9-11-26-12-10-23/h3,5,7,13,15H,4,6,8-12,14H2,1-2H3. The smallest absolute Gasteiger partial charge is 0.183 e. The minimum Gasteiger partial charge on any atom is -0.379 e. The SMILES string of the molecule is Cn1cc(CC(=O)c2cccn2C)cc1C(=O)CCCN1CCOCC1. The fourth-order valence-corrected chi connectivity index (χ4v) is 3.45. The molecule has 1 aliphatic rings. The van der Waals surface area contributed by atoms with Gasteiger partial charge in [0.05, 0.1) is 24.6 Å². The lowest BCUT2D eigenvalue weighted by Gasteiger charge is -2.26. The molecule has 0 N–H and O–H groups in total. The van der Waals surface area contributed by atoms with Gasteiger partial charge in [0.1, 0.15) is 0 Å². The molecule has 3 rings (SSSR count). The molecule has 0 aliphatic carbocycles. The van der Waals surface area contributed by atoms with E-state index in [0.29, 0.717) is 24.2 Å². The van der Waals surface area contributed by atoms with Crippen LogP contribution in [0, 0.1) is 0 Å². The van der Waals surface area contributed by atoms with Gasteiger partial charge >= 0.3 is 0 Å². The molecule has 0 bridgehead atoms. The van der Waals surface area contributed by atoms with Crippen LogP contribution in [0.2, 0.25) is 0 Å². The summed E-state index contributed by atoms with van der Waals surface area (Å²) < 4.78 is 9.00. The molecule has 1 fully saturated rings. The third-order valence-electron chi connectivity index (χ3n) is 4.92. The van der Waals surface area contributed by atoms with E-state index in [-0.39, 0.29) is 11.6 Å². The van der Waals surface area contributed by atoms with Crippen molar-refractivity contribution in [1.29, 1.82) is 0 Å². The summed E-state index contributed by atoms with van der Waals surface area (Å²) in [6, 6.07) is 5.54. The number of carbonyl (C=O) groups excluding carboxylic acids is 2. The van der Waals surface area contributed by atoms with Crippen LogP contribution in [-0.4, -0.2) is 58.4 Å². The van der Waals surface area contributed by atoms with E-state index in [9.17, 15) is 9.59 Å². The molecule has 0 unspecified atom stereocenters. The second-order valence-corrected chi connectivity index (χ2v) is 6.93. The topological polar surface area (TPSA) is 56.5 Å². The molecule has 0 radical (unpaired) electrons. The first kappa shape index (κ1) is 18.6. The predicted octanol–water partition coefficient (Wildman–Crippen LogP) is 2.08. The average molecular weight is 357 g/mol. The van der Waals surface area contributed by atoms with Gasteiger partial charge in [-0.1, -0.05) is 0 Å². The zero-order valence-corrected chi connectivity index (χ0v) is 15.6. The zero-order valence-electron chi connectivity index (χ0n) is 15.6.